The number of nitrogens with zero attached hydrogens (tertiary/aromatic N) is 2. The highest BCUT2D eigenvalue weighted by molar-refractivity contribution is 7.90. The molecule has 1 aromatic heterocycles. The fourth-order valence-electron chi connectivity index (χ4n) is 3.17. The first-order chi connectivity index (χ1) is 14.0. The van der Waals surface area contributed by atoms with Crippen molar-refractivity contribution in [2.24, 2.45) is 0 Å². The standard InChI is InChI=1S/C20H20F3N3O3S/c1-10(12-6-5-7-13(18(12)21)19(22)23)24-20-14-8-16(29-3)17(30(4,27)28)9-15(14)25-11(2)26-20/h5-10,19H,1-4H3,(H,24,25,26)/t10-/m1/s1. The highest BCUT2D eigenvalue weighted by atomic mass is 32.2. The number of ether oxygens (including phenoxy) is 1. The Balaban J connectivity index is 2.12. The molecule has 0 aliphatic rings. The van der Waals surface area contributed by atoms with E-state index in [0.29, 0.717) is 22.5 Å². The summed E-state index contributed by atoms with van der Waals surface area (Å²) >= 11 is 0. The molecule has 0 aliphatic carbocycles. The number of aryl methyl sites for hydroxylation is 1. The second-order valence-corrected chi connectivity index (χ2v) is 8.81. The minimum Gasteiger partial charge on any atom is -0.495 e. The van der Waals surface area contributed by atoms with E-state index < -0.39 is 33.7 Å². The van der Waals surface area contributed by atoms with Crippen molar-refractivity contribution in [3.63, 3.8) is 0 Å². The van der Waals surface area contributed by atoms with Gasteiger partial charge in [0.05, 0.1) is 24.2 Å². The van der Waals surface area contributed by atoms with Crippen molar-refractivity contribution in [3.05, 3.63) is 53.1 Å². The van der Waals surface area contributed by atoms with Gasteiger partial charge in [-0.1, -0.05) is 18.2 Å². The van der Waals surface area contributed by atoms with Gasteiger partial charge in [0.15, 0.2) is 9.84 Å². The van der Waals surface area contributed by atoms with Crippen LogP contribution in [-0.2, 0) is 9.84 Å². The number of hydrogen-bond acceptors (Lipinski definition) is 6. The van der Waals surface area contributed by atoms with Crippen LogP contribution in [0.25, 0.3) is 10.9 Å². The number of halogens is 3. The van der Waals surface area contributed by atoms with E-state index in [2.05, 4.69) is 15.3 Å². The normalized spacial score (nSPS) is 12.9. The molecule has 0 unspecified atom stereocenters. The molecule has 30 heavy (non-hydrogen) atoms. The fraction of sp³-hybridized carbons (Fsp3) is 0.300. The summed E-state index contributed by atoms with van der Waals surface area (Å²) in [6.45, 7) is 3.23. The summed E-state index contributed by atoms with van der Waals surface area (Å²) in [4.78, 5) is 8.58. The molecular formula is C20H20F3N3O3S. The van der Waals surface area contributed by atoms with Crippen molar-refractivity contribution in [3.8, 4) is 5.75 Å². The maximum absolute atomic E-state index is 14.5. The summed E-state index contributed by atoms with van der Waals surface area (Å²) in [6.07, 6.45) is -1.87. The predicted molar refractivity (Wildman–Crippen MR) is 107 cm³/mol. The van der Waals surface area contributed by atoms with E-state index >= 15 is 0 Å². The van der Waals surface area contributed by atoms with Crippen LogP contribution in [0.15, 0.2) is 35.2 Å². The number of sulfone groups is 1. The molecule has 2 aromatic carbocycles. The number of hydrogen-bond donors (Lipinski definition) is 1. The molecule has 1 atom stereocenters. The molecule has 160 valence electrons. The van der Waals surface area contributed by atoms with Crippen LogP contribution in [0.3, 0.4) is 0 Å². The third-order valence-electron chi connectivity index (χ3n) is 4.61. The summed E-state index contributed by atoms with van der Waals surface area (Å²) in [5.74, 6) is -0.229. The minimum absolute atomic E-state index is 0.0229. The molecule has 0 fully saturated rings. The second kappa shape index (κ2) is 8.10. The Morgan fingerprint density at radius 3 is 2.40 bits per heavy atom. The Bertz CT molecular complexity index is 1220. The Kier molecular flexibility index (Phi) is 5.89. The number of anilines is 1. The zero-order chi connectivity index (χ0) is 22.2. The molecule has 0 spiro atoms. The summed E-state index contributed by atoms with van der Waals surface area (Å²) in [5.41, 5.74) is -0.276. The van der Waals surface area contributed by atoms with E-state index in [0.717, 1.165) is 12.3 Å². The van der Waals surface area contributed by atoms with Gasteiger partial charge in [0.25, 0.3) is 6.43 Å². The van der Waals surface area contributed by atoms with Crippen LogP contribution in [0.2, 0.25) is 0 Å². The molecule has 0 saturated heterocycles. The number of aromatic nitrogens is 2. The molecule has 1 N–H and O–H groups in total. The zero-order valence-electron chi connectivity index (χ0n) is 16.7. The quantitative estimate of drug-likeness (QED) is 0.605. The molecule has 0 radical (unpaired) electrons. The number of methoxy groups -OCH3 is 1. The van der Waals surface area contributed by atoms with Crippen molar-refractivity contribution in [1.82, 2.24) is 9.97 Å². The lowest BCUT2D eigenvalue weighted by Gasteiger charge is -2.19. The molecule has 0 aliphatic heterocycles. The van der Waals surface area contributed by atoms with Crippen molar-refractivity contribution >= 4 is 26.6 Å². The maximum Gasteiger partial charge on any atom is 0.266 e. The summed E-state index contributed by atoms with van der Waals surface area (Å²) in [6, 6.07) is 5.97. The number of rotatable bonds is 6. The van der Waals surface area contributed by atoms with E-state index in [1.54, 1.807) is 13.8 Å². The van der Waals surface area contributed by atoms with Crippen LogP contribution < -0.4 is 10.1 Å². The van der Waals surface area contributed by atoms with Crippen LogP contribution in [0.1, 0.15) is 36.3 Å². The first-order valence-electron chi connectivity index (χ1n) is 8.92. The van der Waals surface area contributed by atoms with Crippen LogP contribution >= 0.6 is 0 Å². The van der Waals surface area contributed by atoms with Gasteiger partial charge in [-0.25, -0.2) is 31.6 Å². The van der Waals surface area contributed by atoms with Crippen molar-refractivity contribution in [2.75, 3.05) is 18.7 Å². The number of benzene rings is 2. The van der Waals surface area contributed by atoms with Crippen molar-refractivity contribution < 1.29 is 26.3 Å². The Morgan fingerprint density at radius 2 is 1.80 bits per heavy atom. The van der Waals surface area contributed by atoms with Gasteiger partial charge in [0, 0.05) is 17.2 Å². The first-order valence-corrected chi connectivity index (χ1v) is 10.8. The number of nitrogens with one attached hydrogen (secondary N) is 1. The third-order valence-corrected chi connectivity index (χ3v) is 5.72. The lowest BCUT2D eigenvalue weighted by Crippen LogP contribution is -2.12. The molecule has 3 aromatic rings. The van der Waals surface area contributed by atoms with Crippen LogP contribution in [-0.4, -0.2) is 31.8 Å². The van der Waals surface area contributed by atoms with Crippen LogP contribution in [0, 0.1) is 12.7 Å². The monoisotopic (exact) mass is 439 g/mol. The summed E-state index contributed by atoms with van der Waals surface area (Å²) < 4.78 is 70.0. The van der Waals surface area contributed by atoms with E-state index in [4.69, 9.17) is 4.74 Å². The van der Waals surface area contributed by atoms with Crippen molar-refractivity contribution in [2.45, 2.75) is 31.2 Å². The summed E-state index contributed by atoms with van der Waals surface area (Å²) in [7, 11) is -2.23. The largest absolute Gasteiger partial charge is 0.495 e. The smallest absolute Gasteiger partial charge is 0.266 e. The highest BCUT2D eigenvalue weighted by Gasteiger charge is 2.22. The van der Waals surface area contributed by atoms with E-state index in [9.17, 15) is 21.6 Å². The molecule has 0 saturated carbocycles. The van der Waals surface area contributed by atoms with E-state index in [1.165, 1.54) is 31.4 Å². The third kappa shape index (κ3) is 4.18. The predicted octanol–water partition coefficient (Wildman–Crippen LogP) is 4.60. The van der Waals surface area contributed by atoms with E-state index in [1.807, 2.05) is 0 Å². The average molecular weight is 439 g/mol. The van der Waals surface area contributed by atoms with Crippen LogP contribution in [0.5, 0.6) is 5.75 Å². The lowest BCUT2D eigenvalue weighted by molar-refractivity contribution is 0.146. The summed E-state index contributed by atoms with van der Waals surface area (Å²) in [5, 5.41) is 3.46. The molecule has 0 bridgehead atoms. The second-order valence-electron chi connectivity index (χ2n) is 6.83. The first kappa shape index (κ1) is 21.8. The molecular weight excluding hydrogens is 419 g/mol. The molecule has 0 amide bonds. The van der Waals surface area contributed by atoms with Crippen LogP contribution in [0.4, 0.5) is 19.0 Å². The Morgan fingerprint density at radius 1 is 1.13 bits per heavy atom. The van der Waals surface area contributed by atoms with Crippen molar-refractivity contribution in [1.29, 1.82) is 0 Å². The average Bonchev–Trinajstić information content (AvgIpc) is 2.66. The van der Waals surface area contributed by atoms with Gasteiger partial charge >= 0.3 is 0 Å². The number of fused-ring (bicyclic) bond motifs is 1. The Labute approximate surface area is 172 Å². The topological polar surface area (TPSA) is 81.2 Å². The number of alkyl halides is 2. The fourth-order valence-corrected chi connectivity index (χ4v) is 4.00. The Hall–Kier alpha value is -2.88. The SMILES string of the molecule is COc1cc2c(N[C@H](C)c3cccc(C(F)F)c3F)nc(C)nc2cc1S(C)(=O)=O. The molecule has 1 heterocycles. The highest BCUT2D eigenvalue weighted by Crippen LogP contribution is 2.34. The zero-order valence-corrected chi connectivity index (χ0v) is 17.5. The minimum atomic E-state index is -3.57. The molecule has 10 heteroatoms. The van der Waals surface area contributed by atoms with Gasteiger partial charge < -0.3 is 10.1 Å². The van der Waals surface area contributed by atoms with Gasteiger partial charge in [-0.3, -0.25) is 0 Å². The lowest BCUT2D eigenvalue weighted by atomic mass is 10.0. The molecule has 3 rings (SSSR count). The van der Waals surface area contributed by atoms with Gasteiger partial charge in [0.1, 0.15) is 28.1 Å². The molecule has 6 nitrogen and oxygen atoms in total. The van der Waals surface area contributed by atoms with E-state index in [-0.39, 0.29) is 16.2 Å². The van der Waals surface area contributed by atoms with Gasteiger partial charge in [-0.05, 0) is 26.0 Å². The van der Waals surface area contributed by atoms with Gasteiger partial charge in [0.2, 0.25) is 0 Å². The maximum atomic E-state index is 14.5. The van der Waals surface area contributed by atoms with Gasteiger partial charge in [-0.2, -0.15) is 0 Å². The van der Waals surface area contributed by atoms with Gasteiger partial charge in [-0.15, -0.1) is 0 Å².